The summed E-state index contributed by atoms with van der Waals surface area (Å²) in [5, 5.41) is 3.82. The lowest BCUT2D eigenvalue weighted by atomic mass is 10.0. The van der Waals surface area contributed by atoms with Crippen LogP contribution in [0.4, 0.5) is 0 Å². The van der Waals surface area contributed by atoms with E-state index in [1.165, 1.54) is 11.8 Å². The molecule has 7 heteroatoms. The molecule has 4 rings (SSSR count). The summed E-state index contributed by atoms with van der Waals surface area (Å²) >= 11 is 18.9. The summed E-state index contributed by atoms with van der Waals surface area (Å²) in [6.07, 6.45) is 1.78. The Labute approximate surface area is 194 Å². The molecule has 1 aliphatic heterocycles. The molecule has 0 unspecified atom stereocenters. The average Bonchev–Trinajstić information content (AvgIpc) is 3.06. The Kier molecular flexibility index (Phi) is 6.44. The molecular weight excluding hydrogens is 457 g/mol. The lowest BCUT2D eigenvalue weighted by molar-refractivity contribution is -0.115. The second-order valence-corrected chi connectivity index (χ2v) is 9.07. The van der Waals surface area contributed by atoms with Crippen molar-refractivity contribution in [3.8, 4) is 16.9 Å². The first kappa shape index (κ1) is 20.9. The first-order valence-corrected chi connectivity index (χ1v) is 11.0. The molecule has 0 bridgehead atoms. The van der Waals surface area contributed by atoms with E-state index in [2.05, 4.69) is 5.32 Å². The third-order valence-electron chi connectivity index (χ3n) is 4.41. The maximum absolute atomic E-state index is 12.2. The number of hydrogen-bond donors (Lipinski definition) is 1. The quantitative estimate of drug-likeness (QED) is 0.330. The van der Waals surface area contributed by atoms with E-state index in [1.807, 2.05) is 54.6 Å². The number of hydrogen-bond acceptors (Lipinski definition) is 4. The number of amides is 1. The highest BCUT2D eigenvalue weighted by Crippen LogP contribution is 2.36. The van der Waals surface area contributed by atoms with Gasteiger partial charge >= 0.3 is 0 Å². The van der Waals surface area contributed by atoms with Crippen molar-refractivity contribution >= 4 is 63.5 Å². The molecule has 0 radical (unpaired) electrons. The molecule has 0 atom stereocenters. The molecule has 1 N–H and O–H groups in total. The molecule has 0 saturated carbocycles. The van der Waals surface area contributed by atoms with Crippen LogP contribution in [0, 0.1) is 0 Å². The molecule has 1 aliphatic rings. The summed E-state index contributed by atoms with van der Waals surface area (Å²) in [6, 6.07) is 20.9. The van der Waals surface area contributed by atoms with E-state index >= 15 is 0 Å². The van der Waals surface area contributed by atoms with E-state index in [4.69, 9.17) is 40.2 Å². The van der Waals surface area contributed by atoms with E-state index in [0.29, 0.717) is 31.6 Å². The maximum Gasteiger partial charge on any atom is 0.263 e. The van der Waals surface area contributed by atoms with E-state index in [0.717, 1.165) is 22.3 Å². The van der Waals surface area contributed by atoms with Gasteiger partial charge in [-0.3, -0.25) is 4.79 Å². The maximum atomic E-state index is 12.2. The minimum atomic E-state index is -0.217. The first-order chi connectivity index (χ1) is 14.5. The number of rotatable bonds is 5. The van der Waals surface area contributed by atoms with E-state index in [1.54, 1.807) is 18.2 Å². The highest BCUT2D eigenvalue weighted by Gasteiger charge is 2.23. The number of ether oxygens (including phenoxy) is 1. The molecule has 30 heavy (non-hydrogen) atoms. The van der Waals surface area contributed by atoms with E-state index < -0.39 is 0 Å². The Morgan fingerprint density at radius 2 is 1.83 bits per heavy atom. The van der Waals surface area contributed by atoms with Gasteiger partial charge in [-0.15, -0.1) is 0 Å². The van der Waals surface area contributed by atoms with Crippen LogP contribution >= 0.6 is 47.2 Å². The zero-order valence-electron chi connectivity index (χ0n) is 15.5. The highest BCUT2D eigenvalue weighted by atomic mass is 35.5. The second kappa shape index (κ2) is 9.23. The van der Waals surface area contributed by atoms with Gasteiger partial charge in [0.15, 0.2) is 0 Å². The Bertz CT molecular complexity index is 1160. The van der Waals surface area contributed by atoms with Crippen molar-refractivity contribution in [3.05, 3.63) is 92.8 Å². The SMILES string of the molecule is O=C1NC(=S)S/C1=C\c1cc(-c2cc(Cl)ccc2Cl)ccc1OCc1ccccc1. The van der Waals surface area contributed by atoms with Crippen molar-refractivity contribution in [1.29, 1.82) is 0 Å². The molecule has 150 valence electrons. The number of thiocarbonyl (C=S) groups is 1. The first-order valence-electron chi connectivity index (χ1n) is 9.00. The Morgan fingerprint density at radius 3 is 2.57 bits per heavy atom. The Morgan fingerprint density at radius 1 is 1.03 bits per heavy atom. The van der Waals surface area contributed by atoms with Gasteiger partial charge in [-0.05, 0) is 47.5 Å². The molecule has 0 aliphatic carbocycles. The summed E-state index contributed by atoms with van der Waals surface area (Å²) in [5.41, 5.74) is 3.47. The lowest BCUT2D eigenvalue weighted by Gasteiger charge is -2.13. The number of nitrogens with one attached hydrogen (secondary N) is 1. The van der Waals surface area contributed by atoms with Crippen molar-refractivity contribution in [3.63, 3.8) is 0 Å². The fourth-order valence-corrected chi connectivity index (χ4v) is 4.41. The molecular formula is C23H15Cl2NO2S2. The third-order valence-corrected chi connectivity index (χ3v) is 6.14. The topological polar surface area (TPSA) is 38.3 Å². The predicted molar refractivity (Wildman–Crippen MR) is 129 cm³/mol. The van der Waals surface area contributed by atoms with Gasteiger partial charge in [0.2, 0.25) is 0 Å². The summed E-state index contributed by atoms with van der Waals surface area (Å²) < 4.78 is 6.50. The van der Waals surface area contributed by atoms with Crippen molar-refractivity contribution in [2.24, 2.45) is 0 Å². The van der Waals surface area contributed by atoms with Gasteiger partial charge < -0.3 is 10.1 Å². The smallest absolute Gasteiger partial charge is 0.263 e. The predicted octanol–water partition coefficient (Wildman–Crippen LogP) is 6.73. The van der Waals surface area contributed by atoms with Crippen molar-refractivity contribution in [2.45, 2.75) is 6.61 Å². The largest absolute Gasteiger partial charge is 0.488 e. The standard InChI is InChI=1S/C23H15Cl2NO2S2/c24-17-7-8-19(25)18(12-17)15-6-9-20(28-13-14-4-2-1-3-5-14)16(10-15)11-21-22(27)26-23(29)30-21/h1-12H,13H2,(H,26,27,29)/b21-11-. The minimum Gasteiger partial charge on any atom is -0.488 e. The zero-order valence-corrected chi connectivity index (χ0v) is 18.7. The van der Waals surface area contributed by atoms with Gasteiger partial charge in [0.1, 0.15) is 16.7 Å². The second-order valence-electron chi connectivity index (χ2n) is 6.50. The van der Waals surface area contributed by atoms with Gasteiger partial charge in [-0.2, -0.15) is 0 Å². The summed E-state index contributed by atoms with van der Waals surface area (Å²) in [5.74, 6) is 0.435. The van der Waals surface area contributed by atoms with Crippen LogP contribution in [0.3, 0.4) is 0 Å². The fraction of sp³-hybridized carbons (Fsp3) is 0.0435. The molecule has 0 spiro atoms. The number of carbonyl (C=O) groups is 1. The van der Waals surface area contributed by atoms with Crippen LogP contribution in [-0.4, -0.2) is 10.2 Å². The molecule has 3 nitrogen and oxygen atoms in total. The van der Waals surface area contributed by atoms with E-state index in [-0.39, 0.29) is 5.91 Å². The number of carbonyl (C=O) groups excluding carboxylic acids is 1. The van der Waals surface area contributed by atoms with Crippen LogP contribution in [0.5, 0.6) is 5.75 Å². The highest BCUT2D eigenvalue weighted by molar-refractivity contribution is 8.26. The number of benzene rings is 3. The van der Waals surface area contributed by atoms with Crippen LogP contribution in [0.25, 0.3) is 17.2 Å². The number of thioether (sulfide) groups is 1. The normalized spacial score (nSPS) is 14.8. The van der Waals surface area contributed by atoms with Crippen molar-refractivity contribution in [2.75, 3.05) is 0 Å². The lowest BCUT2D eigenvalue weighted by Crippen LogP contribution is -2.17. The minimum absolute atomic E-state index is 0.217. The third kappa shape index (κ3) is 4.87. The van der Waals surface area contributed by atoms with Gasteiger partial charge in [0, 0.05) is 21.2 Å². The van der Waals surface area contributed by atoms with Crippen LogP contribution in [-0.2, 0) is 11.4 Å². The Hall–Kier alpha value is -2.31. The van der Waals surface area contributed by atoms with Gasteiger partial charge in [-0.1, -0.05) is 83.6 Å². The van der Waals surface area contributed by atoms with Gasteiger partial charge in [-0.25, -0.2) is 0 Å². The molecule has 0 aromatic heterocycles. The van der Waals surface area contributed by atoms with Crippen LogP contribution in [0.1, 0.15) is 11.1 Å². The van der Waals surface area contributed by atoms with Gasteiger partial charge in [0.25, 0.3) is 5.91 Å². The summed E-state index contributed by atoms with van der Waals surface area (Å²) in [4.78, 5) is 12.7. The van der Waals surface area contributed by atoms with Crippen molar-refractivity contribution in [1.82, 2.24) is 5.32 Å². The molecule has 3 aromatic carbocycles. The fourth-order valence-electron chi connectivity index (χ4n) is 2.98. The average molecular weight is 472 g/mol. The molecule has 3 aromatic rings. The molecule has 1 heterocycles. The van der Waals surface area contributed by atoms with Crippen LogP contribution < -0.4 is 10.1 Å². The van der Waals surface area contributed by atoms with Gasteiger partial charge in [0.05, 0.1) is 4.91 Å². The zero-order chi connectivity index (χ0) is 21.1. The molecule has 1 fully saturated rings. The monoisotopic (exact) mass is 471 g/mol. The van der Waals surface area contributed by atoms with Crippen LogP contribution in [0.2, 0.25) is 10.0 Å². The molecule has 1 amide bonds. The number of halogens is 2. The summed E-state index contributed by atoms with van der Waals surface area (Å²) in [7, 11) is 0. The molecule has 1 saturated heterocycles. The van der Waals surface area contributed by atoms with Crippen molar-refractivity contribution < 1.29 is 9.53 Å². The van der Waals surface area contributed by atoms with Crippen LogP contribution in [0.15, 0.2) is 71.6 Å². The van der Waals surface area contributed by atoms with E-state index in [9.17, 15) is 4.79 Å². The Balaban J connectivity index is 1.73. The summed E-state index contributed by atoms with van der Waals surface area (Å²) in [6.45, 7) is 0.409.